The fourth-order valence-corrected chi connectivity index (χ4v) is 6.01. The molecule has 4 heteroatoms. The molecule has 0 unspecified atom stereocenters. The largest absolute Gasteiger partial charge is 0.263 e. The van der Waals surface area contributed by atoms with Gasteiger partial charge in [0.05, 0.1) is 0 Å². The summed E-state index contributed by atoms with van der Waals surface area (Å²) in [5, 5.41) is 4.84. The first kappa shape index (κ1) is 17.5. The number of hydrogen-bond acceptors (Lipinski definition) is 4. The van der Waals surface area contributed by atoms with Gasteiger partial charge in [-0.15, -0.1) is 22.7 Å². The molecular formula is C26H16N2S2. The van der Waals surface area contributed by atoms with Crippen molar-refractivity contribution in [3.8, 4) is 30.6 Å². The van der Waals surface area contributed by atoms with E-state index in [1.165, 1.54) is 52.2 Å². The summed E-state index contributed by atoms with van der Waals surface area (Å²) in [6.45, 7) is 0. The van der Waals surface area contributed by atoms with Gasteiger partial charge in [0.1, 0.15) is 0 Å². The lowest BCUT2D eigenvalue weighted by molar-refractivity contribution is 1.37. The van der Waals surface area contributed by atoms with Crippen molar-refractivity contribution >= 4 is 44.2 Å². The quantitative estimate of drug-likeness (QED) is 0.291. The van der Waals surface area contributed by atoms with Crippen molar-refractivity contribution in [2.75, 3.05) is 0 Å². The lowest BCUT2D eigenvalue weighted by atomic mass is 10.1. The lowest BCUT2D eigenvalue weighted by Gasteiger charge is -2.03. The molecule has 0 bridgehead atoms. The number of benzene rings is 2. The molecule has 6 aromatic rings. The second-order valence-corrected chi connectivity index (χ2v) is 9.31. The molecule has 0 saturated heterocycles. The summed E-state index contributed by atoms with van der Waals surface area (Å²) in [7, 11) is 0. The van der Waals surface area contributed by atoms with Gasteiger partial charge in [-0.1, -0.05) is 48.5 Å². The molecule has 0 N–H and O–H groups in total. The molecule has 4 aromatic heterocycles. The van der Waals surface area contributed by atoms with E-state index >= 15 is 0 Å². The number of fused-ring (bicyclic) bond motifs is 2. The fourth-order valence-electron chi connectivity index (χ4n) is 3.86. The second kappa shape index (κ2) is 7.17. The molecule has 0 aliphatic heterocycles. The molecule has 2 aromatic carbocycles. The molecular weight excluding hydrogens is 404 g/mol. The lowest BCUT2D eigenvalue weighted by Crippen LogP contribution is -1.80. The summed E-state index contributed by atoms with van der Waals surface area (Å²) >= 11 is 3.64. The summed E-state index contributed by atoms with van der Waals surface area (Å²) in [4.78, 5) is 13.9. The van der Waals surface area contributed by atoms with Gasteiger partial charge in [-0.25, -0.2) is 0 Å². The van der Waals surface area contributed by atoms with E-state index in [2.05, 4.69) is 82.8 Å². The first-order valence-corrected chi connectivity index (χ1v) is 11.4. The summed E-state index contributed by atoms with van der Waals surface area (Å²) in [6.07, 6.45) is 7.80. The highest BCUT2D eigenvalue weighted by molar-refractivity contribution is 7.25. The topological polar surface area (TPSA) is 25.8 Å². The zero-order valence-corrected chi connectivity index (χ0v) is 17.6. The molecule has 0 aliphatic carbocycles. The van der Waals surface area contributed by atoms with E-state index in [-0.39, 0.29) is 0 Å². The number of hydrogen-bond donors (Lipinski definition) is 0. The molecule has 0 saturated carbocycles. The zero-order valence-electron chi connectivity index (χ0n) is 15.9. The van der Waals surface area contributed by atoms with Crippen LogP contribution in [0.4, 0.5) is 0 Å². The highest BCUT2D eigenvalue weighted by atomic mass is 32.1. The van der Waals surface area contributed by atoms with E-state index in [1.54, 1.807) is 0 Å². The molecule has 30 heavy (non-hydrogen) atoms. The third-order valence-corrected chi connectivity index (χ3v) is 7.76. The Hall–Kier alpha value is -3.34. The van der Waals surface area contributed by atoms with Crippen LogP contribution in [0.1, 0.15) is 0 Å². The zero-order chi connectivity index (χ0) is 19.9. The molecule has 0 fully saturated rings. The molecule has 4 heterocycles. The molecule has 0 spiro atoms. The van der Waals surface area contributed by atoms with Crippen molar-refractivity contribution in [2.24, 2.45) is 0 Å². The standard InChI is InChI=1S/C26H16N2S2/c1-3-7-19-17(5-1)13-27-15-21(19)23-9-11-25(29-23)26-12-10-24(30-26)22-16-28-14-18-6-2-4-8-20(18)22/h1-16H. The van der Waals surface area contributed by atoms with Crippen LogP contribution in [0.15, 0.2) is 97.6 Å². The monoisotopic (exact) mass is 420 g/mol. The third-order valence-electron chi connectivity index (χ3n) is 5.32. The Morgan fingerprint density at radius 1 is 0.433 bits per heavy atom. The van der Waals surface area contributed by atoms with E-state index in [4.69, 9.17) is 0 Å². The molecule has 0 aliphatic rings. The number of rotatable bonds is 3. The van der Waals surface area contributed by atoms with Gasteiger partial charge in [0.25, 0.3) is 0 Å². The van der Waals surface area contributed by atoms with Crippen molar-refractivity contribution in [1.29, 1.82) is 0 Å². The Bertz CT molecular complexity index is 1380. The van der Waals surface area contributed by atoms with Crippen molar-refractivity contribution in [1.82, 2.24) is 9.97 Å². The van der Waals surface area contributed by atoms with Crippen LogP contribution in [0, 0.1) is 0 Å². The molecule has 0 radical (unpaired) electrons. The molecule has 6 rings (SSSR count). The number of nitrogens with zero attached hydrogens (tertiary/aromatic N) is 2. The molecule has 0 atom stereocenters. The minimum absolute atomic E-state index is 1.17. The number of pyridine rings is 2. The number of aromatic nitrogens is 2. The van der Waals surface area contributed by atoms with Crippen molar-refractivity contribution < 1.29 is 0 Å². The maximum Gasteiger partial charge on any atom is 0.0449 e. The Balaban J connectivity index is 1.41. The average Bonchev–Trinajstić information content (AvgIpc) is 3.48. The van der Waals surface area contributed by atoms with Gasteiger partial charge in [0.15, 0.2) is 0 Å². The maximum absolute atomic E-state index is 4.45. The second-order valence-electron chi connectivity index (χ2n) is 7.14. The van der Waals surface area contributed by atoms with Crippen LogP contribution in [0.25, 0.3) is 52.2 Å². The molecule has 2 nitrogen and oxygen atoms in total. The van der Waals surface area contributed by atoms with Crippen LogP contribution < -0.4 is 0 Å². The van der Waals surface area contributed by atoms with Crippen molar-refractivity contribution in [3.05, 3.63) is 97.6 Å². The van der Waals surface area contributed by atoms with Crippen molar-refractivity contribution in [3.63, 3.8) is 0 Å². The molecule has 0 amide bonds. The Morgan fingerprint density at radius 3 is 1.37 bits per heavy atom. The van der Waals surface area contributed by atoms with E-state index in [9.17, 15) is 0 Å². The van der Waals surface area contributed by atoms with Gasteiger partial charge in [-0.3, -0.25) is 9.97 Å². The molecule has 142 valence electrons. The van der Waals surface area contributed by atoms with Crippen LogP contribution in [-0.4, -0.2) is 9.97 Å². The van der Waals surface area contributed by atoms with Gasteiger partial charge in [-0.2, -0.15) is 0 Å². The number of thiophene rings is 2. The SMILES string of the molecule is c1ccc2c(-c3ccc(-c4ccc(-c5cncc6ccccc56)s4)s3)cncc2c1. The summed E-state index contributed by atoms with van der Waals surface area (Å²) in [6, 6.07) is 25.7. The van der Waals surface area contributed by atoms with E-state index < -0.39 is 0 Å². The van der Waals surface area contributed by atoms with Gasteiger partial charge in [-0.05, 0) is 35.0 Å². The summed E-state index contributed by atoms with van der Waals surface area (Å²) < 4.78 is 0. The highest BCUT2D eigenvalue weighted by Gasteiger charge is 2.12. The van der Waals surface area contributed by atoms with Crippen LogP contribution in [0.5, 0.6) is 0 Å². The van der Waals surface area contributed by atoms with Crippen LogP contribution in [0.2, 0.25) is 0 Å². The predicted molar refractivity (Wildman–Crippen MR) is 129 cm³/mol. The third kappa shape index (κ3) is 2.93. The maximum atomic E-state index is 4.45. The normalized spacial score (nSPS) is 11.3. The Morgan fingerprint density at radius 2 is 0.867 bits per heavy atom. The Labute approximate surface area is 182 Å². The van der Waals surface area contributed by atoms with Crippen LogP contribution in [0.3, 0.4) is 0 Å². The fraction of sp³-hybridized carbons (Fsp3) is 0. The Kier molecular flexibility index (Phi) is 4.18. The van der Waals surface area contributed by atoms with Crippen LogP contribution in [-0.2, 0) is 0 Å². The van der Waals surface area contributed by atoms with E-state index in [0.29, 0.717) is 0 Å². The smallest absolute Gasteiger partial charge is 0.0449 e. The van der Waals surface area contributed by atoms with Gasteiger partial charge in [0, 0.05) is 66.2 Å². The van der Waals surface area contributed by atoms with Gasteiger partial charge < -0.3 is 0 Å². The summed E-state index contributed by atoms with van der Waals surface area (Å²) in [5.74, 6) is 0. The van der Waals surface area contributed by atoms with E-state index in [1.807, 2.05) is 47.5 Å². The minimum Gasteiger partial charge on any atom is -0.263 e. The van der Waals surface area contributed by atoms with Gasteiger partial charge >= 0.3 is 0 Å². The average molecular weight is 421 g/mol. The first-order valence-electron chi connectivity index (χ1n) is 9.73. The minimum atomic E-state index is 1.17. The summed E-state index contributed by atoms with van der Waals surface area (Å²) in [5.41, 5.74) is 2.39. The first-order chi connectivity index (χ1) is 14.9. The van der Waals surface area contributed by atoms with E-state index in [0.717, 1.165) is 0 Å². The van der Waals surface area contributed by atoms with Crippen molar-refractivity contribution in [2.45, 2.75) is 0 Å². The van der Waals surface area contributed by atoms with Crippen LogP contribution >= 0.6 is 22.7 Å². The highest BCUT2D eigenvalue weighted by Crippen LogP contribution is 2.42. The predicted octanol–water partition coefficient (Wildman–Crippen LogP) is 7.91. The van der Waals surface area contributed by atoms with Gasteiger partial charge in [0.2, 0.25) is 0 Å².